The molecule has 1 atom stereocenters. The predicted octanol–water partition coefficient (Wildman–Crippen LogP) is 4.84. The Morgan fingerprint density at radius 3 is 2.66 bits per heavy atom. The Balaban J connectivity index is 1.86. The Kier molecular flexibility index (Phi) is 7.08. The minimum absolute atomic E-state index is 0.281. The first-order valence-corrected chi connectivity index (χ1v) is 9.66. The highest BCUT2D eigenvalue weighted by atomic mass is 19.1. The van der Waals surface area contributed by atoms with E-state index in [1.165, 1.54) is 24.3 Å². The summed E-state index contributed by atoms with van der Waals surface area (Å²) in [4.78, 5) is 12.1. The number of hydrogen-bond acceptors (Lipinski definition) is 5. The molecule has 2 aromatic carbocycles. The second-order valence-corrected chi connectivity index (χ2v) is 6.70. The fourth-order valence-corrected chi connectivity index (χ4v) is 2.99. The van der Waals surface area contributed by atoms with E-state index >= 15 is 0 Å². The lowest BCUT2D eigenvalue weighted by atomic mass is 10.0. The number of ether oxygens (including phenoxy) is 1. The van der Waals surface area contributed by atoms with Crippen LogP contribution < -0.4 is 0 Å². The largest absolute Gasteiger partial charge is 0.462 e. The van der Waals surface area contributed by atoms with Crippen molar-refractivity contribution in [3.8, 4) is 0 Å². The molecule has 0 aromatic heterocycles. The molecule has 2 aromatic rings. The van der Waals surface area contributed by atoms with Crippen molar-refractivity contribution >= 4 is 17.7 Å². The number of halogens is 1. The first kappa shape index (κ1) is 20.7. The molecule has 1 fully saturated rings. The standard InChI is InChI=1S/C22H24FN3O3/c1-2-29-22(28)18-7-11-20(24-25-26-13-3-4-14-26)17(15-18)8-12-21(27)16-5-9-19(23)10-6-16/h5-12,15,21,27H,2-4,13-14H2,1H3/b12-8+,25-24?. The topological polar surface area (TPSA) is 74.5 Å². The fraction of sp³-hybridized carbons (Fsp3) is 0.318. The number of aliphatic hydroxyl groups is 1. The van der Waals surface area contributed by atoms with Crippen molar-refractivity contribution in [3.05, 3.63) is 71.0 Å². The van der Waals surface area contributed by atoms with E-state index in [0.29, 0.717) is 22.4 Å². The van der Waals surface area contributed by atoms with E-state index in [-0.39, 0.29) is 12.4 Å². The maximum absolute atomic E-state index is 13.1. The van der Waals surface area contributed by atoms with Gasteiger partial charge in [0.2, 0.25) is 0 Å². The first-order valence-electron chi connectivity index (χ1n) is 9.66. The van der Waals surface area contributed by atoms with E-state index in [1.807, 2.05) is 5.01 Å². The van der Waals surface area contributed by atoms with Gasteiger partial charge in [0.1, 0.15) is 5.82 Å². The van der Waals surface area contributed by atoms with Gasteiger partial charge in [-0.2, -0.15) is 0 Å². The van der Waals surface area contributed by atoms with E-state index < -0.39 is 12.1 Å². The Morgan fingerprint density at radius 1 is 1.24 bits per heavy atom. The summed E-state index contributed by atoms with van der Waals surface area (Å²) in [5.74, 6) is -0.791. The lowest BCUT2D eigenvalue weighted by Gasteiger charge is -2.10. The fourth-order valence-electron chi connectivity index (χ4n) is 2.99. The molecule has 1 aliphatic rings. The summed E-state index contributed by atoms with van der Waals surface area (Å²) >= 11 is 0. The summed E-state index contributed by atoms with van der Waals surface area (Å²) in [6, 6.07) is 10.6. The van der Waals surface area contributed by atoms with Crippen LogP contribution in [0.15, 0.2) is 58.9 Å². The second-order valence-electron chi connectivity index (χ2n) is 6.70. The Morgan fingerprint density at radius 2 is 1.97 bits per heavy atom. The van der Waals surface area contributed by atoms with Crippen molar-refractivity contribution in [1.82, 2.24) is 5.01 Å². The zero-order chi connectivity index (χ0) is 20.6. The molecule has 0 radical (unpaired) electrons. The van der Waals surface area contributed by atoms with Gasteiger partial charge in [-0.25, -0.2) is 9.18 Å². The normalized spacial score (nSPS) is 15.3. The highest BCUT2D eigenvalue weighted by molar-refractivity contribution is 5.91. The van der Waals surface area contributed by atoms with E-state index in [0.717, 1.165) is 25.9 Å². The van der Waals surface area contributed by atoms with Crippen molar-refractivity contribution in [3.63, 3.8) is 0 Å². The maximum atomic E-state index is 13.1. The van der Waals surface area contributed by atoms with Crippen molar-refractivity contribution < 1.29 is 19.0 Å². The van der Waals surface area contributed by atoms with Crippen LogP contribution in [0.2, 0.25) is 0 Å². The molecule has 1 unspecified atom stereocenters. The van der Waals surface area contributed by atoms with Crippen molar-refractivity contribution in [1.29, 1.82) is 0 Å². The predicted molar refractivity (Wildman–Crippen MR) is 108 cm³/mol. The number of hydrogen-bond donors (Lipinski definition) is 1. The minimum Gasteiger partial charge on any atom is -0.462 e. The van der Waals surface area contributed by atoms with Gasteiger partial charge in [0, 0.05) is 18.7 Å². The smallest absolute Gasteiger partial charge is 0.338 e. The Hall–Kier alpha value is -3.06. The molecule has 3 rings (SSSR count). The Labute approximate surface area is 169 Å². The molecular formula is C22H24FN3O3. The lowest BCUT2D eigenvalue weighted by molar-refractivity contribution is 0.0526. The molecular weight excluding hydrogens is 373 g/mol. The van der Waals surface area contributed by atoms with Crippen LogP contribution in [0.1, 0.15) is 47.4 Å². The molecule has 1 heterocycles. The summed E-state index contributed by atoms with van der Waals surface area (Å²) in [6.45, 7) is 3.78. The average molecular weight is 397 g/mol. The summed E-state index contributed by atoms with van der Waals surface area (Å²) in [5.41, 5.74) is 2.15. The molecule has 0 saturated carbocycles. The number of esters is 1. The third kappa shape index (κ3) is 5.71. The van der Waals surface area contributed by atoms with Gasteiger partial charge in [0.05, 0.1) is 24.0 Å². The van der Waals surface area contributed by atoms with Gasteiger partial charge in [-0.3, -0.25) is 5.01 Å². The maximum Gasteiger partial charge on any atom is 0.338 e. The van der Waals surface area contributed by atoms with Crippen LogP contribution in [0.25, 0.3) is 6.08 Å². The zero-order valence-corrected chi connectivity index (χ0v) is 16.3. The monoisotopic (exact) mass is 397 g/mol. The van der Waals surface area contributed by atoms with Gasteiger partial charge in [-0.15, -0.1) is 5.11 Å². The van der Waals surface area contributed by atoms with Crippen LogP contribution >= 0.6 is 0 Å². The van der Waals surface area contributed by atoms with Gasteiger partial charge in [-0.1, -0.05) is 29.5 Å². The summed E-state index contributed by atoms with van der Waals surface area (Å²) in [6.07, 6.45) is 4.50. The molecule has 1 aliphatic heterocycles. The van der Waals surface area contributed by atoms with Crippen molar-refractivity contribution in [2.75, 3.05) is 19.7 Å². The highest BCUT2D eigenvalue weighted by Crippen LogP contribution is 2.26. The van der Waals surface area contributed by atoms with Gasteiger partial charge in [0.15, 0.2) is 0 Å². The molecule has 0 spiro atoms. The molecule has 0 bridgehead atoms. The third-order valence-electron chi connectivity index (χ3n) is 4.57. The first-order chi connectivity index (χ1) is 14.1. The van der Waals surface area contributed by atoms with Crippen LogP contribution in [-0.4, -0.2) is 35.8 Å². The number of benzene rings is 2. The van der Waals surface area contributed by atoms with Crippen LogP contribution in [0.4, 0.5) is 10.1 Å². The molecule has 6 nitrogen and oxygen atoms in total. The number of rotatable bonds is 7. The van der Waals surface area contributed by atoms with Gasteiger partial charge >= 0.3 is 5.97 Å². The quantitative estimate of drug-likeness (QED) is 0.536. The molecule has 152 valence electrons. The number of aliphatic hydroxyl groups excluding tert-OH is 1. The molecule has 0 aliphatic carbocycles. The third-order valence-corrected chi connectivity index (χ3v) is 4.57. The van der Waals surface area contributed by atoms with E-state index in [9.17, 15) is 14.3 Å². The summed E-state index contributed by atoms with van der Waals surface area (Å²) in [5, 5.41) is 20.8. The van der Waals surface area contributed by atoms with E-state index in [1.54, 1.807) is 37.3 Å². The van der Waals surface area contributed by atoms with Gasteiger partial charge in [0.25, 0.3) is 0 Å². The lowest BCUT2D eigenvalue weighted by Crippen LogP contribution is -2.09. The zero-order valence-electron chi connectivity index (χ0n) is 16.3. The SMILES string of the molecule is CCOC(=O)c1ccc(N=NN2CCCC2)c(/C=C/C(O)c2ccc(F)cc2)c1. The van der Waals surface area contributed by atoms with Crippen LogP contribution in [0.3, 0.4) is 0 Å². The summed E-state index contributed by atoms with van der Waals surface area (Å²) in [7, 11) is 0. The number of carbonyl (C=O) groups excluding carboxylic acids is 1. The second kappa shape index (κ2) is 9.93. The van der Waals surface area contributed by atoms with E-state index in [2.05, 4.69) is 10.3 Å². The molecule has 1 N–H and O–H groups in total. The molecule has 7 heteroatoms. The van der Waals surface area contributed by atoms with Gasteiger partial charge in [-0.05, 0) is 55.7 Å². The van der Waals surface area contributed by atoms with Crippen molar-refractivity contribution in [2.24, 2.45) is 10.3 Å². The van der Waals surface area contributed by atoms with E-state index in [4.69, 9.17) is 4.74 Å². The average Bonchev–Trinajstić information content (AvgIpc) is 3.25. The number of carbonyl (C=O) groups is 1. The van der Waals surface area contributed by atoms with Gasteiger partial charge < -0.3 is 9.84 Å². The highest BCUT2D eigenvalue weighted by Gasteiger charge is 2.12. The molecule has 0 amide bonds. The van der Waals surface area contributed by atoms with Crippen molar-refractivity contribution in [2.45, 2.75) is 25.9 Å². The van der Waals surface area contributed by atoms with Crippen LogP contribution in [0.5, 0.6) is 0 Å². The minimum atomic E-state index is -0.926. The Bertz CT molecular complexity index is 891. The molecule has 1 saturated heterocycles. The summed E-state index contributed by atoms with van der Waals surface area (Å²) < 4.78 is 18.1. The van der Waals surface area contributed by atoms with Crippen LogP contribution in [-0.2, 0) is 4.74 Å². The number of nitrogens with zero attached hydrogens (tertiary/aromatic N) is 3. The van der Waals surface area contributed by atoms with Crippen LogP contribution in [0, 0.1) is 5.82 Å². The molecule has 29 heavy (non-hydrogen) atoms.